The van der Waals surface area contributed by atoms with E-state index in [0.717, 1.165) is 35.5 Å². The van der Waals surface area contributed by atoms with Gasteiger partial charge in [0.1, 0.15) is 0 Å². The minimum atomic E-state index is 0.538. The fourth-order valence-corrected chi connectivity index (χ4v) is 8.57. The molecule has 154 valence electrons. The molecule has 4 aliphatic carbocycles. The highest BCUT2D eigenvalue weighted by Crippen LogP contribution is 2.66. The monoisotopic (exact) mass is 370 g/mol. The average molecular weight is 371 g/mol. The summed E-state index contributed by atoms with van der Waals surface area (Å²) in [6.45, 7) is 12.7. The van der Waals surface area contributed by atoms with Crippen molar-refractivity contribution >= 4 is 0 Å². The molecule has 7 unspecified atom stereocenters. The van der Waals surface area contributed by atoms with Gasteiger partial charge in [-0.05, 0) is 91.3 Å². The first-order valence-corrected chi connectivity index (χ1v) is 12.6. The minimum Gasteiger partial charge on any atom is -0.0842 e. The number of hydrogen-bond acceptors (Lipinski definition) is 0. The van der Waals surface area contributed by atoms with Crippen LogP contribution in [0, 0.1) is 46.3 Å². The molecule has 0 saturated heterocycles. The Morgan fingerprint density at radius 1 is 0.963 bits per heavy atom. The highest BCUT2D eigenvalue weighted by atomic mass is 14.6. The molecule has 3 fully saturated rings. The maximum atomic E-state index is 2.77. The molecular formula is C27H46. The minimum absolute atomic E-state index is 0.538. The molecule has 0 amide bonds. The lowest BCUT2D eigenvalue weighted by molar-refractivity contribution is -0.0584. The zero-order valence-electron chi connectivity index (χ0n) is 19.0. The van der Waals surface area contributed by atoms with Crippen molar-refractivity contribution in [1.29, 1.82) is 0 Å². The Morgan fingerprint density at radius 2 is 1.78 bits per heavy atom. The Hall–Kier alpha value is -0.260. The maximum absolute atomic E-state index is 2.77. The molecule has 0 aromatic rings. The zero-order chi connectivity index (χ0) is 19.2. The lowest BCUT2D eigenvalue weighted by Gasteiger charge is -2.59. The molecule has 7 atom stereocenters. The molecular weight excluding hydrogens is 324 g/mol. The number of rotatable bonds is 5. The van der Waals surface area contributed by atoms with Crippen molar-refractivity contribution in [3.63, 3.8) is 0 Å². The van der Waals surface area contributed by atoms with Gasteiger partial charge in [0.15, 0.2) is 0 Å². The molecule has 3 saturated carbocycles. The van der Waals surface area contributed by atoms with E-state index in [4.69, 9.17) is 0 Å². The van der Waals surface area contributed by atoms with Crippen LogP contribution in [0.3, 0.4) is 0 Å². The van der Waals surface area contributed by atoms with Gasteiger partial charge in [-0.1, -0.05) is 78.4 Å². The van der Waals surface area contributed by atoms with Crippen LogP contribution in [0.15, 0.2) is 11.6 Å². The van der Waals surface area contributed by atoms with Crippen molar-refractivity contribution in [3.05, 3.63) is 11.6 Å². The van der Waals surface area contributed by atoms with Crippen molar-refractivity contribution in [2.45, 2.75) is 112 Å². The summed E-state index contributed by atoms with van der Waals surface area (Å²) < 4.78 is 0. The first kappa shape index (κ1) is 20.0. The molecule has 0 heterocycles. The summed E-state index contributed by atoms with van der Waals surface area (Å²) in [5.41, 5.74) is 3.16. The van der Waals surface area contributed by atoms with E-state index in [1.165, 1.54) is 77.0 Å². The van der Waals surface area contributed by atoms with Gasteiger partial charge in [0.25, 0.3) is 0 Å². The Morgan fingerprint density at radius 3 is 2.56 bits per heavy atom. The predicted octanol–water partition coefficient (Wildman–Crippen LogP) is 8.42. The topological polar surface area (TPSA) is 0 Å². The molecule has 0 nitrogen and oxygen atoms in total. The third-order valence-corrected chi connectivity index (χ3v) is 10.2. The Balaban J connectivity index is 1.48. The van der Waals surface area contributed by atoms with Crippen LogP contribution in [0.5, 0.6) is 0 Å². The quantitative estimate of drug-likeness (QED) is 0.426. The number of hydrogen-bond donors (Lipinski definition) is 0. The third kappa shape index (κ3) is 3.36. The summed E-state index contributed by atoms with van der Waals surface area (Å²) in [5.74, 6) is 5.69. The van der Waals surface area contributed by atoms with E-state index in [-0.39, 0.29) is 0 Å². The third-order valence-electron chi connectivity index (χ3n) is 10.2. The van der Waals surface area contributed by atoms with Crippen molar-refractivity contribution in [1.82, 2.24) is 0 Å². The van der Waals surface area contributed by atoms with Gasteiger partial charge in [0, 0.05) is 0 Å². The lowest BCUT2D eigenvalue weighted by Crippen LogP contribution is -2.50. The summed E-state index contributed by atoms with van der Waals surface area (Å²) in [6.07, 6.45) is 20.6. The van der Waals surface area contributed by atoms with Crippen molar-refractivity contribution in [2.24, 2.45) is 46.3 Å². The summed E-state index contributed by atoms with van der Waals surface area (Å²) >= 11 is 0. The van der Waals surface area contributed by atoms with E-state index < -0.39 is 0 Å². The van der Waals surface area contributed by atoms with Crippen LogP contribution in [0.2, 0.25) is 0 Å². The highest BCUT2D eigenvalue weighted by molar-refractivity contribution is 5.29. The fraction of sp³-hybridized carbons (Fsp3) is 0.926. The van der Waals surface area contributed by atoms with Gasteiger partial charge in [0.2, 0.25) is 0 Å². The van der Waals surface area contributed by atoms with Gasteiger partial charge in [0.05, 0.1) is 0 Å². The second-order valence-electron chi connectivity index (χ2n) is 12.0. The molecule has 0 aromatic carbocycles. The van der Waals surface area contributed by atoms with Crippen LogP contribution in [-0.2, 0) is 0 Å². The highest BCUT2D eigenvalue weighted by Gasteiger charge is 2.57. The van der Waals surface area contributed by atoms with Gasteiger partial charge < -0.3 is 0 Å². The van der Waals surface area contributed by atoms with E-state index in [1.54, 1.807) is 0 Å². The average Bonchev–Trinajstić information content (AvgIpc) is 2.98. The maximum Gasteiger partial charge on any atom is -0.00797 e. The van der Waals surface area contributed by atoms with Crippen molar-refractivity contribution in [3.8, 4) is 0 Å². The van der Waals surface area contributed by atoms with Crippen LogP contribution in [0.25, 0.3) is 0 Å². The first-order chi connectivity index (χ1) is 12.9. The van der Waals surface area contributed by atoms with Crippen LogP contribution in [0.4, 0.5) is 0 Å². The predicted molar refractivity (Wildman–Crippen MR) is 118 cm³/mol. The van der Waals surface area contributed by atoms with E-state index >= 15 is 0 Å². The molecule has 0 bridgehead atoms. The normalized spacial score (nSPS) is 45.0. The number of allylic oxidation sites excluding steroid dienone is 2. The van der Waals surface area contributed by atoms with Crippen LogP contribution < -0.4 is 0 Å². The van der Waals surface area contributed by atoms with Crippen LogP contribution >= 0.6 is 0 Å². The van der Waals surface area contributed by atoms with Crippen LogP contribution in [0.1, 0.15) is 112 Å². The SMILES string of the molecule is CC(C)CCCC(C)C1CC=C2C3CCC4CCCCC4(C)C3CCC21C. The Labute approximate surface area is 170 Å². The zero-order valence-corrected chi connectivity index (χ0v) is 19.0. The summed E-state index contributed by atoms with van der Waals surface area (Å²) in [6, 6.07) is 0. The first-order valence-electron chi connectivity index (χ1n) is 12.6. The van der Waals surface area contributed by atoms with Gasteiger partial charge in [-0.15, -0.1) is 0 Å². The van der Waals surface area contributed by atoms with Crippen LogP contribution in [-0.4, -0.2) is 0 Å². The molecule has 0 aliphatic heterocycles. The van der Waals surface area contributed by atoms with Gasteiger partial charge in [-0.2, -0.15) is 0 Å². The van der Waals surface area contributed by atoms with E-state index in [1.807, 2.05) is 5.57 Å². The molecule has 27 heavy (non-hydrogen) atoms. The standard InChI is InChI=1S/C27H46/c1-19(2)9-8-10-20(3)23-14-15-24-22-13-12-21-11-6-7-17-26(21,4)25(22)16-18-27(23,24)5/h15,19-23,25H,6-14,16-18H2,1-5H3. The fourth-order valence-electron chi connectivity index (χ4n) is 8.57. The molecule has 0 aromatic heterocycles. The Bertz CT molecular complexity index is 556. The van der Waals surface area contributed by atoms with E-state index in [2.05, 4.69) is 40.7 Å². The van der Waals surface area contributed by atoms with Gasteiger partial charge in [-0.25, -0.2) is 0 Å². The molecule has 0 radical (unpaired) electrons. The second-order valence-corrected chi connectivity index (χ2v) is 12.0. The molecule has 0 N–H and O–H groups in total. The Kier molecular flexibility index (Phi) is 5.59. The summed E-state index contributed by atoms with van der Waals surface area (Å²) in [4.78, 5) is 0. The van der Waals surface area contributed by atoms with Crippen molar-refractivity contribution in [2.75, 3.05) is 0 Å². The largest absolute Gasteiger partial charge is 0.0842 e. The smallest absolute Gasteiger partial charge is 0.00797 e. The van der Waals surface area contributed by atoms with Gasteiger partial charge in [-0.3, -0.25) is 0 Å². The summed E-state index contributed by atoms with van der Waals surface area (Å²) in [7, 11) is 0. The lowest BCUT2D eigenvalue weighted by atomic mass is 9.46. The van der Waals surface area contributed by atoms with Gasteiger partial charge >= 0.3 is 0 Å². The second kappa shape index (κ2) is 7.53. The van der Waals surface area contributed by atoms with E-state index in [0.29, 0.717) is 10.8 Å². The molecule has 4 aliphatic rings. The number of fused-ring (bicyclic) bond motifs is 5. The van der Waals surface area contributed by atoms with E-state index in [9.17, 15) is 0 Å². The molecule has 0 spiro atoms. The molecule has 0 heteroatoms. The van der Waals surface area contributed by atoms with Crippen molar-refractivity contribution < 1.29 is 0 Å². The molecule has 4 rings (SSSR count). The summed E-state index contributed by atoms with van der Waals surface area (Å²) in [5, 5.41) is 0.